The SMILES string of the molecule is CCCCCCCCOc1ccc(-c2ccsc2-c2cc(-c3cc[c]([Sn][C](CCCC)(CCCC)CCCC)s3)c3nsnc3c2)cc1. The molecule has 3 aromatic heterocycles. The van der Waals surface area contributed by atoms with Crippen LogP contribution in [0, 0.1) is 0 Å². The number of benzene rings is 2. The predicted octanol–water partition coefficient (Wildman–Crippen LogP) is 13.6. The first-order chi connectivity index (χ1) is 23.6. The van der Waals surface area contributed by atoms with Crippen LogP contribution in [-0.2, 0) is 0 Å². The molecule has 0 saturated carbocycles. The summed E-state index contributed by atoms with van der Waals surface area (Å²) in [6.45, 7) is 10.1. The van der Waals surface area contributed by atoms with Crippen molar-refractivity contribution in [3.63, 3.8) is 0 Å². The van der Waals surface area contributed by atoms with Gasteiger partial charge in [-0.3, -0.25) is 0 Å². The predicted molar refractivity (Wildman–Crippen MR) is 215 cm³/mol. The molecule has 0 spiro atoms. The van der Waals surface area contributed by atoms with Crippen molar-refractivity contribution in [1.82, 2.24) is 8.75 Å². The third-order valence-corrected chi connectivity index (χ3v) is 18.3. The van der Waals surface area contributed by atoms with Crippen LogP contribution in [-0.4, -0.2) is 36.5 Å². The van der Waals surface area contributed by atoms with Gasteiger partial charge in [-0.2, -0.15) is 0 Å². The van der Waals surface area contributed by atoms with Crippen molar-refractivity contribution in [3.05, 3.63) is 60.0 Å². The Morgan fingerprint density at radius 2 is 1.35 bits per heavy atom. The van der Waals surface area contributed by atoms with Gasteiger partial charge in [-0.05, 0) is 6.42 Å². The molecule has 2 radical (unpaired) electrons. The average Bonchev–Trinajstić information content (AvgIpc) is 3.90. The van der Waals surface area contributed by atoms with Crippen LogP contribution in [0.4, 0.5) is 0 Å². The van der Waals surface area contributed by atoms with E-state index in [2.05, 4.69) is 99.0 Å². The van der Waals surface area contributed by atoms with Crippen LogP contribution < -0.4 is 7.63 Å². The maximum atomic E-state index is 6.09. The molecule has 5 aromatic rings. The molecule has 0 aliphatic carbocycles. The Bertz CT molecular complexity index is 1630. The molecule has 48 heavy (non-hydrogen) atoms. The molecule has 0 fully saturated rings. The molecule has 0 atom stereocenters. The van der Waals surface area contributed by atoms with E-state index < -0.39 is 21.1 Å². The Morgan fingerprint density at radius 1 is 0.667 bits per heavy atom. The standard InChI is InChI=1S/C28H27N2OS3.C13H27.Sn/c1-2-3-4-5-6-7-15-31-22-12-10-20(11-13-22)23-14-17-33-28(23)21-18-24(26-9-8-16-32-26)27-25(19-21)29-34-30-27;1-4-7-10-13(11-8-5-2)12-9-6-3;/h8-14,17-19H,2-7,15H2,1H3;4-12H2,1-3H3;. The number of unbranched alkanes of at least 4 members (excludes halogenated alkanes) is 8. The molecule has 5 rings (SSSR count). The third-order valence-electron chi connectivity index (χ3n) is 9.51. The first-order valence-corrected chi connectivity index (χ1v) is 23.8. The molecule has 256 valence electrons. The van der Waals surface area contributed by atoms with E-state index in [1.165, 1.54) is 134 Å². The van der Waals surface area contributed by atoms with Crippen LogP contribution in [0.25, 0.3) is 43.0 Å². The second kappa shape index (κ2) is 19.6. The zero-order chi connectivity index (χ0) is 33.6. The molecule has 0 amide bonds. The van der Waals surface area contributed by atoms with Crippen LogP contribution in [0.1, 0.15) is 124 Å². The second-order valence-electron chi connectivity index (χ2n) is 13.3. The van der Waals surface area contributed by atoms with E-state index >= 15 is 0 Å². The minimum absolute atomic E-state index is 0.591. The normalized spacial score (nSPS) is 11.9. The summed E-state index contributed by atoms with van der Waals surface area (Å²) in [7, 11) is 0. The Hall–Kier alpha value is -1.74. The Labute approximate surface area is 312 Å². The quantitative estimate of drug-likeness (QED) is 0.0516. The van der Waals surface area contributed by atoms with E-state index in [1.54, 1.807) is 2.89 Å². The first kappa shape index (κ1) is 37.5. The van der Waals surface area contributed by atoms with Gasteiger partial charge in [0.1, 0.15) is 0 Å². The number of fused-ring (bicyclic) bond motifs is 1. The number of hydrogen-bond donors (Lipinski definition) is 0. The van der Waals surface area contributed by atoms with Crippen molar-refractivity contribution < 1.29 is 4.74 Å². The molecule has 0 N–H and O–H groups in total. The van der Waals surface area contributed by atoms with E-state index in [-0.39, 0.29) is 0 Å². The van der Waals surface area contributed by atoms with Crippen LogP contribution in [0.3, 0.4) is 0 Å². The van der Waals surface area contributed by atoms with Gasteiger partial charge in [0.2, 0.25) is 0 Å². The summed E-state index contributed by atoms with van der Waals surface area (Å²) in [4.78, 5) is 2.64. The van der Waals surface area contributed by atoms with Gasteiger partial charge >= 0.3 is 258 Å². The van der Waals surface area contributed by atoms with Crippen molar-refractivity contribution in [3.8, 4) is 37.8 Å². The molecule has 3 heterocycles. The van der Waals surface area contributed by atoms with Gasteiger partial charge in [0.05, 0.1) is 6.61 Å². The summed E-state index contributed by atoms with van der Waals surface area (Å²) >= 11 is 4.42. The monoisotopic (exact) mass is 806 g/mol. The van der Waals surface area contributed by atoms with E-state index in [0.717, 1.165) is 29.8 Å². The van der Waals surface area contributed by atoms with Crippen LogP contribution >= 0.6 is 34.4 Å². The van der Waals surface area contributed by atoms with E-state index in [0.29, 0.717) is 3.43 Å². The number of hydrogen-bond acceptors (Lipinski definition) is 6. The maximum absolute atomic E-state index is 6.09. The molecule has 0 bridgehead atoms. The summed E-state index contributed by atoms with van der Waals surface area (Å²) in [5.41, 5.74) is 7.02. The van der Waals surface area contributed by atoms with Crippen molar-refractivity contribution in [2.75, 3.05) is 6.61 Å². The number of nitrogens with zero attached hydrogens (tertiary/aromatic N) is 2. The number of aromatic nitrogens is 2. The van der Waals surface area contributed by atoms with Crippen LogP contribution in [0.15, 0.2) is 60.0 Å². The van der Waals surface area contributed by atoms with Crippen LogP contribution in [0.2, 0.25) is 3.43 Å². The molecule has 3 nitrogen and oxygen atoms in total. The summed E-state index contributed by atoms with van der Waals surface area (Å²) in [5, 5.41) is 2.22. The summed E-state index contributed by atoms with van der Waals surface area (Å²) in [6.07, 6.45) is 20.0. The second-order valence-corrected chi connectivity index (χ2v) is 22.2. The van der Waals surface area contributed by atoms with Gasteiger partial charge in [0, 0.05) is 0 Å². The summed E-state index contributed by atoms with van der Waals surface area (Å²) < 4.78 is 17.9. The van der Waals surface area contributed by atoms with Gasteiger partial charge < -0.3 is 4.74 Å². The molecular weight excluding hydrogens is 751 g/mol. The van der Waals surface area contributed by atoms with Gasteiger partial charge in [-0.15, -0.1) is 0 Å². The van der Waals surface area contributed by atoms with Crippen LogP contribution in [0.5, 0.6) is 5.75 Å². The molecule has 7 heteroatoms. The van der Waals surface area contributed by atoms with Gasteiger partial charge in [-0.1, -0.05) is 39.0 Å². The van der Waals surface area contributed by atoms with Gasteiger partial charge in [0.15, 0.2) is 0 Å². The summed E-state index contributed by atoms with van der Waals surface area (Å²) in [5.74, 6) is 0.960. The fraction of sp³-hybridized carbons (Fsp3) is 0.512. The number of ether oxygens (including phenoxy) is 1. The minimum atomic E-state index is -0.782. The van der Waals surface area contributed by atoms with Gasteiger partial charge in [0.25, 0.3) is 0 Å². The van der Waals surface area contributed by atoms with Crippen molar-refractivity contribution in [2.24, 2.45) is 0 Å². The third kappa shape index (κ3) is 10.2. The molecule has 0 saturated heterocycles. The van der Waals surface area contributed by atoms with Crippen molar-refractivity contribution in [2.45, 2.75) is 127 Å². The van der Waals surface area contributed by atoms with Crippen molar-refractivity contribution in [1.29, 1.82) is 0 Å². The summed E-state index contributed by atoms with van der Waals surface area (Å²) in [6, 6.07) is 20.4. The Balaban J connectivity index is 1.36. The van der Waals surface area contributed by atoms with Gasteiger partial charge in [-0.25, -0.2) is 0 Å². The molecule has 0 aliphatic rings. The zero-order valence-corrected chi connectivity index (χ0v) is 34.9. The first-order valence-electron chi connectivity index (χ1n) is 18.6. The fourth-order valence-electron chi connectivity index (χ4n) is 6.69. The van der Waals surface area contributed by atoms with E-state index in [1.807, 2.05) is 11.3 Å². The Kier molecular flexibility index (Phi) is 15.3. The Morgan fingerprint density at radius 3 is 2.06 bits per heavy atom. The number of thiophene rings is 2. The molecule has 2 aromatic carbocycles. The van der Waals surface area contributed by atoms with Crippen molar-refractivity contribution >= 4 is 69.5 Å². The number of rotatable bonds is 22. The molecule has 0 unspecified atom stereocenters. The van der Waals surface area contributed by atoms with E-state index in [9.17, 15) is 0 Å². The fourth-order valence-corrected chi connectivity index (χ4v) is 16.3. The average molecular weight is 806 g/mol. The topological polar surface area (TPSA) is 35.0 Å². The van der Waals surface area contributed by atoms with E-state index in [4.69, 9.17) is 13.5 Å². The molecule has 0 aliphatic heterocycles. The molecular formula is C41H54N2OS3Sn. The zero-order valence-electron chi connectivity index (χ0n) is 29.6.